The maximum Gasteiger partial charge on any atom is 0.133 e. The standard InChI is InChI=1S/C16H17N3OS2/c1-9-3-4-12-13(5-9)22-16-14(12)15(17-8-18-16)21-7-11-6-10(2)20-19-11/h6,8-9H,3-5,7H2,1-2H3/t9-/m0/s1. The zero-order valence-corrected chi connectivity index (χ0v) is 14.3. The highest BCUT2D eigenvalue weighted by Gasteiger charge is 2.23. The van der Waals surface area contributed by atoms with Gasteiger partial charge in [0, 0.05) is 22.1 Å². The molecule has 1 aliphatic rings. The third-order valence-electron chi connectivity index (χ3n) is 4.09. The van der Waals surface area contributed by atoms with Crippen molar-refractivity contribution in [3.05, 3.63) is 34.3 Å². The van der Waals surface area contributed by atoms with Crippen LogP contribution < -0.4 is 0 Å². The molecule has 3 aromatic rings. The van der Waals surface area contributed by atoms with Gasteiger partial charge in [-0.3, -0.25) is 0 Å². The van der Waals surface area contributed by atoms with Gasteiger partial charge in [0.2, 0.25) is 0 Å². The van der Waals surface area contributed by atoms with Crippen LogP contribution in [0.5, 0.6) is 0 Å². The summed E-state index contributed by atoms with van der Waals surface area (Å²) in [5, 5.41) is 6.42. The average Bonchev–Trinajstić information content (AvgIpc) is 3.07. The molecule has 114 valence electrons. The molecule has 0 unspecified atom stereocenters. The van der Waals surface area contributed by atoms with Gasteiger partial charge in [-0.1, -0.05) is 23.8 Å². The van der Waals surface area contributed by atoms with Crippen LogP contribution in [0.3, 0.4) is 0 Å². The van der Waals surface area contributed by atoms with Gasteiger partial charge in [0.15, 0.2) is 0 Å². The van der Waals surface area contributed by atoms with E-state index in [9.17, 15) is 0 Å². The van der Waals surface area contributed by atoms with Gasteiger partial charge in [-0.25, -0.2) is 9.97 Å². The van der Waals surface area contributed by atoms with Crippen LogP contribution in [0.2, 0.25) is 0 Å². The molecule has 0 amide bonds. The molecule has 0 bridgehead atoms. The summed E-state index contributed by atoms with van der Waals surface area (Å²) in [5.74, 6) is 2.41. The SMILES string of the molecule is Cc1cc(CSc2ncnc3sc4c(c23)CC[C@H](C)C4)no1. The van der Waals surface area contributed by atoms with Crippen LogP contribution in [0, 0.1) is 12.8 Å². The number of rotatable bonds is 3. The predicted molar refractivity (Wildman–Crippen MR) is 89.4 cm³/mol. The molecule has 4 nitrogen and oxygen atoms in total. The van der Waals surface area contributed by atoms with E-state index in [-0.39, 0.29) is 0 Å². The maximum atomic E-state index is 5.13. The third-order valence-corrected chi connectivity index (χ3v) is 6.28. The van der Waals surface area contributed by atoms with Crippen LogP contribution in [0.25, 0.3) is 10.2 Å². The summed E-state index contributed by atoms with van der Waals surface area (Å²) in [6.07, 6.45) is 5.29. The van der Waals surface area contributed by atoms with Crippen molar-refractivity contribution in [1.29, 1.82) is 0 Å². The molecule has 0 N–H and O–H groups in total. The van der Waals surface area contributed by atoms with Gasteiger partial charge in [0.05, 0.1) is 5.69 Å². The highest BCUT2D eigenvalue weighted by Crippen LogP contribution is 2.40. The Labute approximate surface area is 137 Å². The predicted octanol–water partition coefficient (Wildman–Crippen LogP) is 4.40. The molecule has 0 saturated carbocycles. The number of nitrogens with zero attached hydrogens (tertiary/aromatic N) is 3. The van der Waals surface area contributed by atoms with Gasteiger partial charge in [-0.15, -0.1) is 11.3 Å². The lowest BCUT2D eigenvalue weighted by molar-refractivity contribution is 0.393. The van der Waals surface area contributed by atoms with Crippen molar-refractivity contribution in [2.75, 3.05) is 0 Å². The first-order valence-electron chi connectivity index (χ1n) is 7.51. The Kier molecular flexibility index (Phi) is 3.66. The minimum absolute atomic E-state index is 0.780. The first-order valence-corrected chi connectivity index (χ1v) is 9.31. The number of thioether (sulfide) groups is 1. The van der Waals surface area contributed by atoms with Crippen molar-refractivity contribution in [3.8, 4) is 0 Å². The molecule has 0 aromatic carbocycles. The molecule has 0 aliphatic heterocycles. The van der Waals surface area contributed by atoms with Gasteiger partial charge in [0.1, 0.15) is 21.9 Å². The normalized spacial score (nSPS) is 17.8. The summed E-state index contributed by atoms with van der Waals surface area (Å²) in [6, 6.07) is 1.98. The number of fused-ring (bicyclic) bond motifs is 3. The summed E-state index contributed by atoms with van der Waals surface area (Å²) < 4.78 is 5.13. The lowest BCUT2D eigenvalue weighted by Crippen LogP contribution is -2.08. The van der Waals surface area contributed by atoms with Gasteiger partial charge < -0.3 is 4.52 Å². The number of aryl methyl sites for hydroxylation is 2. The Morgan fingerprint density at radius 2 is 2.32 bits per heavy atom. The Morgan fingerprint density at radius 1 is 1.41 bits per heavy atom. The zero-order chi connectivity index (χ0) is 15.1. The molecule has 1 aliphatic carbocycles. The van der Waals surface area contributed by atoms with E-state index < -0.39 is 0 Å². The first-order chi connectivity index (χ1) is 10.7. The smallest absolute Gasteiger partial charge is 0.133 e. The summed E-state index contributed by atoms with van der Waals surface area (Å²) in [5.41, 5.74) is 2.45. The van der Waals surface area contributed by atoms with Gasteiger partial charge >= 0.3 is 0 Å². The van der Waals surface area contributed by atoms with Gasteiger partial charge in [0.25, 0.3) is 0 Å². The molecule has 0 radical (unpaired) electrons. The second-order valence-electron chi connectivity index (χ2n) is 5.93. The van der Waals surface area contributed by atoms with Crippen molar-refractivity contribution in [2.24, 2.45) is 5.92 Å². The van der Waals surface area contributed by atoms with E-state index in [2.05, 4.69) is 22.0 Å². The van der Waals surface area contributed by atoms with E-state index in [0.29, 0.717) is 0 Å². The van der Waals surface area contributed by atoms with Crippen molar-refractivity contribution in [2.45, 2.75) is 43.9 Å². The largest absolute Gasteiger partial charge is 0.361 e. The minimum atomic E-state index is 0.780. The van der Waals surface area contributed by atoms with Crippen LogP contribution in [0.4, 0.5) is 0 Å². The second kappa shape index (κ2) is 5.66. The highest BCUT2D eigenvalue weighted by atomic mass is 32.2. The molecule has 0 spiro atoms. The van der Waals surface area contributed by atoms with Gasteiger partial charge in [-0.2, -0.15) is 0 Å². The molecule has 6 heteroatoms. The monoisotopic (exact) mass is 331 g/mol. The van der Waals surface area contributed by atoms with Crippen molar-refractivity contribution >= 4 is 33.3 Å². The Balaban J connectivity index is 1.68. The van der Waals surface area contributed by atoms with Crippen molar-refractivity contribution in [3.63, 3.8) is 0 Å². The fourth-order valence-electron chi connectivity index (χ4n) is 2.98. The molecule has 22 heavy (non-hydrogen) atoms. The fraction of sp³-hybridized carbons (Fsp3) is 0.438. The molecule has 0 fully saturated rings. The van der Waals surface area contributed by atoms with E-state index in [4.69, 9.17) is 4.52 Å². The third kappa shape index (κ3) is 2.54. The summed E-state index contributed by atoms with van der Waals surface area (Å²) >= 11 is 3.57. The molecule has 1 atom stereocenters. The van der Waals surface area contributed by atoms with Crippen molar-refractivity contribution < 1.29 is 4.52 Å². The summed E-state index contributed by atoms with van der Waals surface area (Å²) in [7, 11) is 0. The van der Waals surface area contributed by atoms with Gasteiger partial charge in [-0.05, 0) is 37.7 Å². The average molecular weight is 331 g/mol. The lowest BCUT2D eigenvalue weighted by atomic mass is 9.89. The summed E-state index contributed by atoms with van der Waals surface area (Å²) in [4.78, 5) is 11.7. The lowest BCUT2D eigenvalue weighted by Gasteiger charge is -2.18. The highest BCUT2D eigenvalue weighted by molar-refractivity contribution is 7.98. The number of aromatic nitrogens is 3. The van der Waals surface area contributed by atoms with Crippen molar-refractivity contribution in [1.82, 2.24) is 15.1 Å². The van der Waals surface area contributed by atoms with E-state index in [1.165, 1.54) is 28.7 Å². The van der Waals surface area contributed by atoms with Crippen LogP contribution in [0.15, 0.2) is 21.9 Å². The zero-order valence-electron chi connectivity index (χ0n) is 12.6. The van der Waals surface area contributed by atoms with Crippen LogP contribution in [-0.2, 0) is 18.6 Å². The van der Waals surface area contributed by atoms with Crippen LogP contribution >= 0.6 is 23.1 Å². The molecule has 3 heterocycles. The molecular formula is C16H17N3OS2. The quantitative estimate of drug-likeness (QED) is 0.526. The molecule has 4 rings (SSSR count). The van der Waals surface area contributed by atoms with E-state index >= 15 is 0 Å². The Bertz CT molecular complexity index is 824. The second-order valence-corrected chi connectivity index (χ2v) is 7.98. The van der Waals surface area contributed by atoms with Crippen LogP contribution in [0.1, 0.15) is 35.2 Å². The Morgan fingerprint density at radius 3 is 3.14 bits per heavy atom. The minimum Gasteiger partial charge on any atom is -0.361 e. The molecule has 3 aromatic heterocycles. The first kappa shape index (κ1) is 14.2. The molecule has 0 saturated heterocycles. The van der Waals surface area contributed by atoms with E-state index in [1.54, 1.807) is 18.1 Å². The Hall–Kier alpha value is -1.40. The molecular weight excluding hydrogens is 314 g/mol. The fourth-order valence-corrected chi connectivity index (χ4v) is 5.31. The van der Waals surface area contributed by atoms with Crippen LogP contribution in [-0.4, -0.2) is 15.1 Å². The number of hydrogen-bond donors (Lipinski definition) is 0. The number of thiophene rings is 1. The van der Waals surface area contributed by atoms with E-state index in [1.807, 2.05) is 24.3 Å². The number of hydrogen-bond acceptors (Lipinski definition) is 6. The van der Waals surface area contributed by atoms with E-state index in [0.717, 1.165) is 39.4 Å². The summed E-state index contributed by atoms with van der Waals surface area (Å²) in [6.45, 7) is 4.25. The maximum absolute atomic E-state index is 5.13. The topological polar surface area (TPSA) is 51.8 Å².